The van der Waals surface area contributed by atoms with Crippen LogP contribution in [0.3, 0.4) is 0 Å². The number of thiophene rings is 1. The van der Waals surface area contributed by atoms with Crippen LogP contribution in [0.4, 0.5) is 0 Å². The molecule has 22 heavy (non-hydrogen) atoms. The van der Waals surface area contributed by atoms with E-state index in [1.807, 2.05) is 0 Å². The quantitative estimate of drug-likeness (QED) is 0.893. The van der Waals surface area contributed by atoms with Gasteiger partial charge in [0.2, 0.25) is 5.91 Å². The number of amides is 1. The maximum atomic E-state index is 12.8. The zero-order valence-electron chi connectivity index (χ0n) is 12.9. The molecule has 1 aromatic rings. The number of halogens is 2. The van der Waals surface area contributed by atoms with Crippen LogP contribution < -0.4 is 5.32 Å². The summed E-state index contributed by atoms with van der Waals surface area (Å²) in [5.74, 6) is 0.308. The Labute approximate surface area is 149 Å². The molecule has 0 radical (unpaired) electrons. The minimum atomic E-state index is 0. The molecule has 0 saturated carbocycles. The van der Waals surface area contributed by atoms with Crippen LogP contribution in [-0.4, -0.2) is 54.5 Å². The maximum absolute atomic E-state index is 12.8. The number of carbonyl (C=O) groups excluding carboxylic acids is 1. The summed E-state index contributed by atoms with van der Waals surface area (Å²) in [5.41, 5.74) is 0. The fourth-order valence-electron chi connectivity index (χ4n) is 3.27. The van der Waals surface area contributed by atoms with Gasteiger partial charge in [0.15, 0.2) is 0 Å². The lowest BCUT2D eigenvalue weighted by atomic mass is 10.1. The first-order valence-electron chi connectivity index (χ1n) is 7.56. The molecule has 7 heteroatoms. The van der Waals surface area contributed by atoms with Gasteiger partial charge in [-0.2, -0.15) is 0 Å². The first kappa shape index (κ1) is 19.7. The van der Waals surface area contributed by atoms with Gasteiger partial charge in [-0.3, -0.25) is 9.69 Å². The molecular weight excluding hydrogens is 341 g/mol. The van der Waals surface area contributed by atoms with E-state index in [1.54, 1.807) is 11.3 Å². The Hall–Kier alpha value is -0.330. The second-order valence-electron chi connectivity index (χ2n) is 5.67. The first-order chi connectivity index (χ1) is 9.77. The SMILES string of the molecule is CC(C(=O)N1CCCC1c1cccs1)N1CCNCC1.Cl.Cl. The van der Waals surface area contributed by atoms with Crippen LogP contribution in [-0.2, 0) is 4.79 Å². The highest BCUT2D eigenvalue weighted by atomic mass is 35.5. The average molecular weight is 366 g/mol. The molecule has 126 valence electrons. The lowest BCUT2D eigenvalue weighted by Gasteiger charge is -2.35. The van der Waals surface area contributed by atoms with Crippen molar-refractivity contribution in [2.24, 2.45) is 0 Å². The molecule has 0 aromatic carbocycles. The summed E-state index contributed by atoms with van der Waals surface area (Å²) in [7, 11) is 0. The summed E-state index contributed by atoms with van der Waals surface area (Å²) in [6.45, 7) is 6.92. The van der Waals surface area contributed by atoms with Crippen molar-refractivity contribution in [2.45, 2.75) is 31.8 Å². The molecule has 0 bridgehead atoms. The van der Waals surface area contributed by atoms with Crippen molar-refractivity contribution in [1.29, 1.82) is 0 Å². The Bertz CT molecular complexity index is 452. The molecule has 2 atom stereocenters. The number of nitrogens with zero attached hydrogens (tertiary/aromatic N) is 2. The van der Waals surface area contributed by atoms with Gasteiger partial charge in [0.25, 0.3) is 0 Å². The minimum absolute atomic E-state index is 0. The number of nitrogens with one attached hydrogen (secondary N) is 1. The summed E-state index contributed by atoms with van der Waals surface area (Å²) in [6, 6.07) is 4.57. The molecule has 4 nitrogen and oxygen atoms in total. The summed E-state index contributed by atoms with van der Waals surface area (Å²) in [6.07, 6.45) is 2.24. The van der Waals surface area contributed by atoms with Gasteiger partial charge in [-0.05, 0) is 31.2 Å². The van der Waals surface area contributed by atoms with E-state index in [0.29, 0.717) is 11.9 Å². The zero-order chi connectivity index (χ0) is 13.9. The van der Waals surface area contributed by atoms with Gasteiger partial charge in [0, 0.05) is 37.6 Å². The Morgan fingerprint density at radius 2 is 2.05 bits per heavy atom. The first-order valence-corrected chi connectivity index (χ1v) is 8.44. The Morgan fingerprint density at radius 1 is 1.32 bits per heavy atom. The molecular formula is C15H25Cl2N3OS. The Balaban J connectivity index is 0.00000121. The smallest absolute Gasteiger partial charge is 0.240 e. The van der Waals surface area contributed by atoms with Crippen LogP contribution in [0.1, 0.15) is 30.7 Å². The van der Waals surface area contributed by atoms with Gasteiger partial charge in [-0.15, -0.1) is 36.2 Å². The molecule has 1 amide bonds. The van der Waals surface area contributed by atoms with Crippen molar-refractivity contribution in [3.8, 4) is 0 Å². The molecule has 3 heterocycles. The third-order valence-electron chi connectivity index (χ3n) is 4.46. The van der Waals surface area contributed by atoms with Gasteiger partial charge >= 0.3 is 0 Å². The highest BCUT2D eigenvalue weighted by molar-refractivity contribution is 7.10. The monoisotopic (exact) mass is 365 g/mol. The molecule has 1 N–H and O–H groups in total. The lowest BCUT2D eigenvalue weighted by Crippen LogP contribution is -2.53. The third kappa shape index (κ3) is 4.15. The summed E-state index contributed by atoms with van der Waals surface area (Å²) < 4.78 is 0. The van der Waals surface area contributed by atoms with E-state index in [-0.39, 0.29) is 30.9 Å². The molecule has 2 aliphatic heterocycles. The third-order valence-corrected chi connectivity index (χ3v) is 5.44. The van der Waals surface area contributed by atoms with Crippen molar-refractivity contribution in [1.82, 2.24) is 15.1 Å². The van der Waals surface area contributed by atoms with E-state index in [1.165, 1.54) is 4.88 Å². The zero-order valence-corrected chi connectivity index (χ0v) is 15.3. The molecule has 0 spiro atoms. The number of hydrogen-bond acceptors (Lipinski definition) is 4. The predicted octanol–water partition coefficient (Wildman–Crippen LogP) is 2.55. The maximum Gasteiger partial charge on any atom is 0.240 e. The summed E-state index contributed by atoms with van der Waals surface area (Å²) >= 11 is 1.77. The standard InChI is InChI=1S/C15H23N3OS.2ClH/c1-12(17-9-6-16-7-10-17)15(19)18-8-2-4-13(18)14-5-3-11-20-14;;/h3,5,11-13,16H,2,4,6-10H2,1H3;2*1H. The van der Waals surface area contributed by atoms with Gasteiger partial charge in [0.1, 0.15) is 0 Å². The van der Waals surface area contributed by atoms with E-state index < -0.39 is 0 Å². The summed E-state index contributed by atoms with van der Waals surface area (Å²) in [4.78, 5) is 18.6. The topological polar surface area (TPSA) is 35.6 Å². The van der Waals surface area contributed by atoms with Gasteiger partial charge in [-0.1, -0.05) is 6.07 Å². The number of likely N-dealkylation sites (tertiary alicyclic amines) is 1. The normalized spacial score (nSPS) is 23.5. The Kier molecular flexibility index (Phi) is 8.14. The fraction of sp³-hybridized carbons (Fsp3) is 0.667. The highest BCUT2D eigenvalue weighted by Crippen LogP contribution is 2.35. The van der Waals surface area contributed by atoms with Crippen molar-refractivity contribution >= 4 is 42.1 Å². The van der Waals surface area contributed by atoms with Gasteiger partial charge < -0.3 is 10.2 Å². The average Bonchev–Trinajstić information content (AvgIpc) is 3.16. The van der Waals surface area contributed by atoms with E-state index in [4.69, 9.17) is 0 Å². The van der Waals surface area contributed by atoms with Crippen LogP contribution in [0.25, 0.3) is 0 Å². The van der Waals surface area contributed by atoms with Crippen LogP contribution in [0.5, 0.6) is 0 Å². The van der Waals surface area contributed by atoms with Crippen LogP contribution in [0.2, 0.25) is 0 Å². The Morgan fingerprint density at radius 3 is 2.68 bits per heavy atom. The minimum Gasteiger partial charge on any atom is -0.333 e. The van der Waals surface area contributed by atoms with Gasteiger partial charge in [-0.25, -0.2) is 0 Å². The van der Waals surface area contributed by atoms with Crippen molar-refractivity contribution in [3.05, 3.63) is 22.4 Å². The number of rotatable bonds is 3. The van der Waals surface area contributed by atoms with Crippen molar-refractivity contribution < 1.29 is 4.79 Å². The van der Waals surface area contributed by atoms with E-state index in [0.717, 1.165) is 45.6 Å². The van der Waals surface area contributed by atoms with Crippen LogP contribution >= 0.6 is 36.2 Å². The lowest BCUT2D eigenvalue weighted by molar-refractivity contribution is -0.137. The van der Waals surface area contributed by atoms with Crippen molar-refractivity contribution in [2.75, 3.05) is 32.7 Å². The second kappa shape index (κ2) is 9.08. The molecule has 2 aliphatic rings. The van der Waals surface area contributed by atoms with E-state index in [2.05, 4.69) is 39.6 Å². The number of hydrogen-bond donors (Lipinski definition) is 1. The number of piperazine rings is 1. The van der Waals surface area contributed by atoms with Crippen LogP contribution in [0, 0.1) is 0 Å². The van der Waals surface area contributed by atoms with E-state index in [9.17, 15) is 4.79 Å². The second-order valence-corrected chi connectivity index (χ2v) is 6.65. The molecule has 1 aromatic heterocycles. The van der Waals surface area contributed by atoms with E-state index >= 15 is 0 Å². The van der Waals surface area contributed by atoms with Gasteiger partial charge in [0.05, 0.1) is 12.1 Å². The summed E-state index contributed by atoms with van der Waals surface area (Å²) in [5, 5.41) is 5.45. The molecule has 2 unspecified atom stereocenters. The van der Waals surface area contributed by atoms with Crippen LogP contribution in [0.15, 0.2) is 17.5 Å². The highest BCUT2D eigenvalue weighted by Gasteiger charge is 2.35. The molecule has 2 saturated heterocycles. The fourth-order valence-corrected chi connectivity index (χ4v) is 4.15. The number of carbonyl (C=O) groups is 1. The molecule has 2 fully saturated rings. The molecule has 0 aliphatic carbocycles. The predicted molar refractivity (Wildman–Crippen MR) is 96.4 cm³/mol. The molecule has 3 rings (SSSR count). The largest absolute Gasteiger partial charge is 0.333 e. The van der Waals surface area contributed by atoms with Crippen molar-refractivity contribution in [3.63, 3.8) is 0 Å².